The SMILES string of the molecule is Cc1ncsc1-c1ccc(C(C)(C)NC(=O)[C@@H]2C[C@@H](O)CN2C(=O)C(C)(c2cc(OCCCN3C[C@@H]4[C@H](C3)[C@H]4c3cc4cc(-c5ccccc5O)nnc4[nH]3)no2)C(C)C)cc1. The highest BCUT2D eigenvalue weighted by Gasteiger charge is 2.56. The molecule has 0 spiro atoms. The van der Waals surface area contributed by atoms with Gasteiger partial charge in [-0.15, -0.1) is 21.5 Å². The number of aryl methyl sites for hydroxylation is 1. The minimum absolute atomic E-state index is 0.0389. The molecule has 0 radical (unpaired) electrons. The van der Waals surface area contributed by atoms with Gasteiger partial charge in [0.25, 0.3) is 5.88 Å². The predicted molar refractivity (Wildman–Crippen MR) is 236 cm³/mol. The van der Waals surface area contributed by atoms with Gasteiger partial charge in [-0.25, -0.2) is 4.98 Å². The molecule has 14 nitrogen and oxygen atoms in total. The number of thiazole rings is 1. The van der Waals surface area contributed by atoms with Crippen LogP contribution in [-0.4, -0.2) is 102 Å². The van der Waals surface area contributed by atoms with Gasteiger partial charge in [-0.05, 0) is 92.4 Å². The zero-order chi connectivity index (χ0) is 43.5. The minimum Gasteiger partial charge on any atom is -0.507 e. The summed E-state index contributed by atoms with van der Waals surface area (Å²) in [5.41, 5.74) is 6.14. The molecule has 2 amide bonds. The maximum Gasteiger partial charge on any atom is 0.254 e. The molecule has 1 aliphatic carbocycles. The Morgan fingerprint density at radius 2 is 1.79 bits per heavy atom. The number of H-pyrrole nitrogens is 1. The molecule has 324 valence electrons. The number of carbonyl (C=O) groups excluding carboxylic acids is 2. The molecule has 6 heterocycles. The number of para-hydroxylation sites is 1. The van der Waals surface area contributed by atoms with Gasteiger partial charge >= 0.3 is 0 Å². The van der Waals surface area contributed by atoms with Crippen molar-refractivity contribution in [3.05, 3.63) is 95.0 Å². The molecule has 9 rings (SSSR count). The van der Waals surface area contributed by atoms with Crippen molar-refractivity contribution >= 4 is 34.2 Å². The number of amides is 2. The molecule has 2 saturated heterocycles. The fraction of sp³-hybridized carbons (Fsp3) is 0.447. The number of β-amino-alcohol motifs (C(OH)–C–C–N with tert-alkyl or cyclic N) is 1. The number of aliphatic hydroxyl groups is 1. The van der Waals surface area contributed by atoms with Crippen LogP contribution in [0.2, 0.25) is 0 Å². The number of fused-ring (bicyclic) bond motifs is 2. The van der Waals surface area contributed by atoms with Crippen molar-refractivity contribution in [2.75, 3.05) is 32.8 Å². The van der Waals surface area contributed by atoms with Gasteiger partial charge in [0.05, 0.1) is 40.0 Å². The largest absolute Gasteiger partial charge is 0.507 e. The van der Waals surface area contributed by atoms with E-state index in [0.717, 1.165) is 58.8 Å². The molecule has 4 N–H and O–H groups in total. The van der Waals surface area contributed by atoms with Crippen molar-refractivity contribution in [2.24, 2.45) is 17.8 Å². The van der Waals surface area contributed by atoms with Gasteiger partial charge in [-0.2, -0.15) is 0 Å². The topological polar surface area (TPSA) is 183 Å². The van der Waals surface area contributed by atoms with Crippen LogP contribution in [0.3, 0.4) is 0 Å². The number of phenolic OH excluding ortho intramolecular Hbond substituents is 1. The number of hydrogen-bond acceptors (Lipinski definition) is 12. The highest BCUT2D eigenvalue weighted by Crippen LogP contribution is 2.58. The number of nitrogens with one attached hydrogen (secondary N) is 2. The maximum atomic E-state index is 14.5. The van der Waals surface area contributed by atoms with Crippen LogP contribution in [0.25, 0.3) is 32.7 Å². The van der Waals surface area contributed by atoms with E-state index in [0.29, 0.717) is 47.3 Å². The van der Waals surface area contributed by atoms with Crippen LogP contribution in [0.4, 0.5) is 0 Å². The lowest BCUT2D eigenvalue weighted by Crippen LogP contribution is -2.55. The third kappa shape index (κ3) is 7.75. The molecule has 3 fully saturated rings. The Kier molecular flexibility index (Phi) is 10.9. The number of ether oxygens (including phenoxy) is 1. The number of phenols is 1. The third-order valence-electron chi connectivity index (χ3n) is 13.6. The molecule has 1 saturated carbocycles. The molecular weight excluding hydrogens is 805 g/mol. The predicted octanol–water partition coefficient (Wildman–Crippen LogP) is 6.79. The fourth-order valence-electron chi connectivity index (χ4n) is 9.55. The molecule has 0 bridgehead atoms. The summed E-state index contributed by atoms with van der Waals surface area (Å²) in [6.07, 6.45) is 0.0978. The Hall–Kier alpha value is -5.64. The van der Waals surface area contributed by atoms with Crippen molar-refractivity contribution in [3.63, 3.8) is 0 Å². The van der Waals surface area contributed by atoms with Crippen molar-refractivity contribution in [2.45, 2.75) is 83.4 Å². The van der Waals surface area contributed by atoms with E-state index in [1.807, 2.05) is 89.5 Å². The van der Waals surface area contributed by atoms with E-state index in [4.69, 9.17) is 9.26 Å². The van der Waals surface area contributed by atoms with Crippen LogP contribution in [-0.2, 0) is 20.5 Å². The van der Waals surface area contributed by atoms with Crippen LogP contribution < -0.4 is 10.1 Å². The Labute approximate surface area is 364 Å². The van der Waals surface area contributed by atoms with Crippen LogP contribution >= 0.6 is 11.3 Å². The van der Waals surface area contributed by atoms with E-state index in [2.05, 4.69) is 41.6 Å². The second-order valence-corrected chi connectivity index (χ2v) is 19.2. The van der Waals surface area contributed by atoms with Gasteiger partial charge in [0, 0.05) is 61.2 Å². The van der Waals surface area contributed by atoms with Gasteiger partial charge in [0.1, 0.15) is 17.2 Å². The molecule has 1 unspecified atom stereocenters. The normalized spacial score (nSPS) is 22.3. The van der Waals surface area contributed by atoms with Crippen LogP contribution in [0, 0.1) is 24.7 Å². The van der Waals surface area contributed by atoms with E-state index in [9.17, 15) is 19.8 Å². The van der Waals surface area contributed by atoms with Crippen molar-refractivity contribution < 1.29 is 29.1 Å². The van der Waals surface area contributed by atoms with Crippen molar-refractivity contribution in [1.29, 1.82) is 0 Å². The summed E-state index contributed by atoms with van der Waals surface area (Å²) >= 11 is 1.59. The summed E-state index contributed by atoms with van der Waals surface area (Å²) < 4.78 is 11.9. The highest BCUT2D eigenvalue weighted by atomic mass is 32.1. The van der Waals surface area contributed by atoms with E-state index >= 15 is 0 Å². The van der Waals surface area contributed by atoms with Crippen LogP contribution in [0.5, 0.6) is 11.6 Å². The Bertz CT molecular complexity index is 2590. The number of nitrogens with zero attached hydrogens (tertiary/aromatic N) is 6. The number of likely N-dealkylation sites (tertiary alicyclic amines) is 2. The number of rotatable bonds is 14. The van der Waals surface area contributed by atoms with Gasteiger partial charge < -0.3 is 39.6 Å². The molecule has 2 aliphatic heterocycles. The minimum atomic E-state index is -1.17. The molecule has 6 aromatic rings. The van der Waals surface area contributed by atoms with E-state index in [-0.39, 0.29) is 36.4 Å². The lowest BCUT2D eigenvalue weighted by molar-refractivity contribution is -0.145. The number of hydrogen-bond donors (Lipinski definition) is 4. The summed E-state index contributed by atoms with van der Waals surface area (Å²) in [5.74, 6) is 1.64. The molecular formula is C47H54N8O6S. The van der Waals surface area contributed by atoms with Gasteiger partial charge in [-0.3, -0.25) is 9.59 Å². The Morgan fingerprint density at radius 1 is 1.03 bits per heavy atom. The number of piperidine rings is 1. The molecule has 2 aromatic carbocycles. The zero-order valence-corrected chi connectivity index (χ0v) is 36.8. The number of aliphatic hydroxyl groups excluding tert-OH is 1. The summed E-state index contributed by atoms with van der Waals surface area (Å²) in [4.78, 5) is 41.5. The zero-order valence-electron chi connectivity index (χ0n) is 36.0. The summed E-state index contributed by atoms with van der Waals surface area (Å²) in [5, 5.41) is 38.2. The smallest absolute Gasteiger partial charge is 0.254 e. The standard InChI is InChI=1S/C47H54N8O6S/c1-26(2)47(6,45(59)55-22-31(56)20-37(55)44(58)50-46(4,5)30-14-12-28(13-15-30)42-27(3)48-25-62-42)39-21-40(53-61-39)60-17-9-16-54-23-33-34(24-54)41(33)36-19-29-18-35(51-52-43(29)49-36)32-10-7-8-11-38(32)57/h7-8,10-15,18-19,21,25-26,31,33-34,37,41,56-57H,9,16-17,20,22-24H2,1-6H3,(H,49,52)(H,50,58)/t31-,33-,34+,37+,41+,47?/m1/s1. The Morgan fingerprint density at radius 3 is 2.50 bits per heavy atom. The summed E-state index contributed by atoms with van der Waals surface area (Å²) in [6, 6.07) is 20.2. The first-order chi connectivity index (χ1) is 29.7. The first kappa shape index (κ1) is 41.7. The average molecular weight is 859 g/mol. The molecule has 3 aliphatic rings. The van der Waals surface area contributed by atoms with Crippen molar-refractivity contribution in [3.8, 4) is 33.3 Å². The monoisotopic (exact) mass is 858 g/mol. The molecule has 4 aromatic heterocycles. The number of aromatic hydroxyl groups is 1. The fourth-order valence-corrected chi connectivity index (χ4v) is 10.4. The van der Waals surface area contributed by atoms with E-state index in [1.54, 1.807) is 29.5 Å². The average Bonchev–Trinajstić information content (AvgIpc) is 3.95. The van der Waals surface area contributed by atoms with Gasteiger partial charge in [0.15, 0.2) is 11.4 Å². The molecule has 6 atom stereocenters. The second kappa shape index (κ2) is 16.2. The molecule has 15 heteroatoms. The highest BCUT2D eigenvalue weighted by molar-refractivity contribution is 7.13. The van der Waals surface area contributed by atoms with E-state index in [1.165, 1.54) is 10.6 Å². The lowest BCUT2D eigenvalue weighted by atomic mass is 9.75. The van der Waals surface area contributed by atoms with Gasteiger partial charge in [0.2, 0.25) is 11.8 Å². The van der Waals surface area contributed by atoms with Gasteiger partial charge in [-0.1, -0.05) is 50.2 Å². The number of aromatic nitrogens is 5. The third-order valence-corrected chi connectivity index (χ3v) is 14.5. The number of carbonyl (C=O) groups is 2. The lowest BCUT2D eigenvalue weighted by Gasteiger charge is -2.37. The number of benzene rings is 2. The summed E-state index contributed by atoms with van der Waals surface area (Å²) in [7, 11) is 0. The Balaban J connectivity index is 0.775. The van der Waals surface area contributed by atoms with Crippen LogP contribution in [0.1, 0.15) is 76.1 Å². The maximum absolute atomic E-state index is 14.5. The molecule has 62 heavy (non-hydrogen) atoms. The number of aromatic amines is 1. The first-order valence-corrected chi connectivity index (χ1v) is 22.4. The quantitative estimate of drug-likeness (QED) is 0.0847. The van der Waals surface area contributed by atoms with Crippen molar-refractivity contribution in [1.82, 2.24) is 40.4 Å². The first-order valence-electron chi connectivity index (χ1n) is 21.5. The second-order valence-electron chi connectivity index (χ2n) is 18.3. The van der Waals surface area contributed by atoms with Crippen LogP contribution in [0.15, 0.2) is 76.8 Å². The summed E-state index contributed by atoms with van der Waals surface area (Å²) in [6.45, 7) is 15.0. The van der Waals surface area contributed by atoms with E-state index < -0.39 is 23.1 Å².